The van der Waals surface area contributed by atoms with Crippen LogP contribution in [0.1, 0.15) is 44.1 Å². The average molecular weight is 425 g/mol. The van der Waals surface area contributed by atoms with Crippen molar-refractivity contribution in [3.8, 4) is 17.1 Å². The number of amides is 1. The average Bonchev–Trinajstić information content (AvgIpc) is 3.20. The van der Waals surface area contributed by atoms with Crippen LogP contribution >= 0.6 is 0 Å². The van der Waals surface area contributed by atoms with Crippen molar-refractivity contribution in [1.29, 1.82) is 0 Å². The van der Waals surface area contributed by atoms with Crippen molar-refractivity contribution in [2.45, 2.75) is 51.2 Å². The molecule has 166 valence electrons. The monoisotopic (exact) mass is 424 g/mol. The Labute approximate surface area is 184 Å². The fourth-order valence-electron chi connectivity index (χ4n) is 4.19. The Morgan fingerprint density at radius 3 is 2.68 bits per heavy atom. The fraction of sp³-hybridized carbons (Fsp3) is 0.542. The molecule has 0 spiro atoms. The molecule has 31 heavy (non-hydrogen) atoms. The van der Waals surface area contributed by atoms with E-state index in [0.29, 0.717) is 12.4 Å². The second-order valence-corrected chi connectivity index (χ2v) is 8.31. The third-order valence-corrected chi connectivity index (χ3v) is 5.89. The molecular weight excluding hydrogens is 392 g/mol. The van der Waals surface area contributed by atoms with Gasteiger partial charge in [-0.1, -0.05) is 12.8 Å². The predicted molar refractivity (Wildman–Crippen MR) is 119 cm³/mol. The van der Waals surface area contributed by atoms with Crippen molar-refractivity contribution >= 4 is 5.91 Å². The molecule has 1 amide bonds. The van der Waals surface area contributed by atoms with Gasteiger partial charge in [0.2, 0.25) is 0 Å². The van der Waals surface area contributed by atoms with E-state index in [9.17, 15) is 4.79 Å². The number of nitrogens with one attached hydrogen (secondary N) is 1. The van der Waals surface area contributed by atoms with Gasteiger partial charge in [0.1, 0.15) is 5.75 Å². The Kier molecular flexibility index (Phi) is 7.85. The van der Waals surface area contributed by atoms with E-state index in [0.717, 1.165) is 56.0 Å². The van der Waals surface area contributed by atoms with Crippen LogP contribution < -0.4 is 10.1 Å². The number of rotatable bonds is 8. The summed E-state index contributed by atoms with van der Waals surface area (Å²) in [5, 5.41) is 2.92. The van der Waals surface area contributed by atoms with Gasteiger partial charge in [0.05, 0.1) is 6.10 Å². The topological polar surface area (TPSA) is 76.6 Å². The predicted octanol–water partition coefficient (Wildman–Crippen LogP) is 3.19. The van der Waals surface area contributed by atoms with E-state index < -0.39 is 0 Å². The molecule has 1 atom stereocenters. The third kappa shape index (κ3) is 6.48. The second kappa shape index (κ2) is 11.2. The first-order chi connectivity index (χ1) is 15.3. The Hall–Kier alpha value is -2.51. The van der Waals surface area contributed by atoms with Crippen molar-refractivity contribution < 1.29 is 14.3 Å². The molecule has 7 nitrogen and oxygen atoms in total. The van der Waals surface area contributed by atoms with Crippen molar-refractivity contribution in [3.63, 3.8) is 0 Å². The molecule has 2 aliphatic heterocycles. The molecule has 0 aliphatic carbocycles. The highest BCUT2D eigenvalue weighted by Crippen LogP contribution is 2.27. The minimum atomic E-state index is -0.119. The number of likely N-dealkylation sites (tertiary alicyclic amines) is 1. The van der Waals surface area contributed by atoms with E-state index in [-0.39, 0.29) is 18.6 Å². The summed E-state index contributed by atoms with van der Waals surface area (Å²) in [7, 11) is 0. The summed E-state index contributed by atoms with van der Waals surface area (Å²) in [6, 6.07) is 7.81. The van der Waals surface area contributed by atoms with Crippen LogP contribution in [-0.4, -0.2) is 59.7 Å². The second-order valence-electron chi connectivity index (χ2n) is 8.31. The minimum absolute atomic E-state index is 0.000896. The Balaban J connectivity index is 1.43. The number of aromatic nitrogens is 2. The lowest BCUT2D eigenvalue weighted by Crippen LogP contribution is -2.35. The van der Waals surface area contributed by atoms with Gasteiger partial charge < -0.3 is 14.8 Å². The number of ether oxygens (including phenoxy) is 2. The van der Waals surface area contributed by atoms with Crippen LogP contribution in [-0.2, 0) is 16.1 Å². The zero-order valence-corrected chi connectivity index (χ0v) is 18.1. The highest BCUT2D eigenvalue weighted by atomic mass is 16.5. The molecule has 3 heterocycles. The van der Waals surface area contributed by atoms with Crippen molar-refractivity contribution in [3.05, 3.63) is 42.2 Å². The lowest BCUT2D eigenvalue weighted by molar-refractivity contribution is -0.123. The molecule has 2 aromatic rings. The van der Waals surface area contributed by atoms with E-state index in [2.05, 4.69) is 26.3 Å². The number of carbonyl (C=O) groups is 1. The molecule has 0 unspecified atom stereocenters. The molecule has 4 rings (SSSR count). The highest BCUT2D eigenvalue weighted by Gasteiger charge is 2.18. The molecular formula is C24H32N4O3. The minimum Gasteiger partial charge on any atom is -0.483 e. The Morgan fingerprint density at radius 2 is 1.94 bits per heavy atom. The van der Waals surface area contributed by atoms with Gasteiger partial charge in [-0.15, -0.1) is 0 Å². The maximum absolute atomic E-state index is 12.3. The van der Waals surface area contributed by atoms with Gasteiger partial charge in [0.25, 0.3) is 5.91 Å². The standard InChI is InChI=1S/C24H32N4O3/c29-23(27-16-21-7-5-14-30-21)18-31-22-9-8-19(24-25-10-6-11-26-24)15-20(22)17-28-12-3-1-2-4-13-28/h6,8-11,15,21H,1-5,7,12-14,16-18H2,(H,27,29)/t21-/m0/s1. The summed E-state index contributed by atoms with van der Waals surface area (Å²) >= 11 is 0. The molecule has 1 aromatic heterocycles. The highest BCUT2D eigenvalue weighted by molar-refractivity contribution is 5.77. The van der Waals surface area contributed by atoms with Crippen LogP contribution in [0.2, 0.25) is 0 Å². The Bertz CT molecular complexity index is 832. The molecule has 0 saturated carbocycles. The van der Waals surface area contributed by atoms with Crippen LogP contribution in [0.25, 0.3) is 11.4 Å². The summed E-state index contributed by atoms with van der Waals surface area (Å²) < 4.78 is 11.5. The number of hydrogen-bond acceptors (Lipinski definition) is 6. The van der Waals surface area contributed by atoms with E-state index in [1.807, 2.05) is 18.2 Å². The maximum Gasteiger partial charge on any atom is 0.258 e. The first kappa shape index (κ1) is 21.7. The Morgan fingerprint density at radius 1 is 1.13 bits per heavy atom. The van der Waals surface area contributed by atoms with Gasteiger partial charge >= 0.3 is 0 Å². The lowest BCUT2D eigenvalue weighted by atomic mass is 10.1. The van der Waals surface area contributed by atoms with Crippen LogP contribution in [0.3, 0.4) is 0 Å². The molecule has 2 aliphatic rings. The zero-order chi connectivity index (χ0) is 21.3. The number of carbonyl (C=O) groups excluding carboxylic acids is 1. The summed E-state index contributed by atoms with van der Waals surface area (Å²) in [4.78, 5) is 23.5. The van der Waals surface area contributed by atoms with Gasteiger partial charge in [-0.25, -0.2) is 9.97 Å². The van der Waals surface area contributed by atoms with E-state index in [1.54, 1.807) is 12.4 Å². The number of hydrogen-bond donors (Lipinski definition) is 1. The number of benzene rings is 1. The zero-order valence-electron chi connectivity index (χ0n) is 18.1. The molecule has 0 radical (unpaired) electrons. The normalized spacial score (nSPS) is 19.7. The molecule has 2 saturated heterocycles. The van der Waals surface area contributed by atoms with Crippen LogP contribution in [0.15, 0.2) is 36.7 Å². The first-order valence-electron chi connectivity index (χ1n) is 11.4. The van der Waals surface area contributed by atoms with Gasteiger partial charge in [0.15, 0.2) is 12.4 Å². The van der Waals surface area contributed by atoms with Gasteiger partial charge in [-0.2, -0.15) is 0 Å². The lowest BCUT2D eigenvalue weighted by Gasteiger charge is -2.22. The molecule has 7 heteroatoms. The summed E-state index contributed by atoms with van der Waals surface area (Å²) in [6.45, 7) is 4.32. The van der Waals surface area contributed by atoms with Crippen LogP contribution in [0.5, 0.6) is 5.75 Å². The molecule has 1 N–H and O–H groups in total. The summed E-state index contributed by atoms with van der Waals surface area (Å²) in [5.74, 6) is 1.32. The fourth-order valence-corrected chi connectivity index (χ4v) is 4.19. The van der Waals surface area contributed by atoms with Crippen LogP contribution in [0, 0.1) is 0 Å². The van der Waals surface area contributed by atoms with Gasteiger partial charge in [-0.3, -0.25) is 9.69 Å². The van der Waals surface area contributed by atoms with E-state index in [4.69, 9.17) is 9.47 Å². The maximum atomic E-state index is 12.3. The van der Waals surface area contributed by atoms with E-state index >= 15 is 0 Å². The number of nitrogens with zero attached hydrogens (tertiary/aromatic N) is 3. The van der Waals surface area contributed by atoms with Gasteiger partial charge in [-0.05, 0) is 63.0 Å². The molecule has 0 bridgehead atoms. The molecule has 2 fully saturated rings. The van der Waals surface area contributed by atoms with Crippen molar-refractivity contribution in [1.82, 2.24) is 20.2 Å². The smallest absolute Gasteiger partial charge is 0.258 e. The largest absolute Gasteiger partial charge is 0.483 e. The summed E-state index contributed by atoms with van der Waals surface area (Å²) in [5.41, 5.74) is 2.03. The van der Waals surface area contributed by atoms with Gasteiger partial charge in [0, 0.05) is 43.2 Å². The quantitative estimate of drug-likeness (QED) is 0.701. The van der Waals surface area contributed by atoms with Crippen LogP contribution in [0.4, 0.5) is 0 Å². The van der Waals surface area contributed by atoms with E-state index in [1.165, 1.54) is 25.7 Å². The van der Waals surface area contributed by atoms with Crippen molar-refractivity contribution in [2.75, 3.05) is 32.8 Å². The molecule has 1 aromatic carbocycles. The summed E-state index contributed by atoms with van der Waals surface area (Å²) in [6.07, 6.45) is 10.7. The third-order valence-electron chi connectivity index (χ3n) is 5.89. The SMILES string of the molecule is O=C(COc1ccc(-c2ncccn2)cc1CN1CCCCCC1)NC[C@@H]1CCCO1. The first-order valence-corrected chi connectivity index (χ1v) is 11.4. The van der Waals surface area contributed by atoms with Crippen molar-refractivity contribution in [2.24, 2.45) is 0 Å².